The van der Waals surface area contributed by atoms with Gasteiger partial charge in [-0.1, -0.05) is 72.8 Å². The van der Waals surface area contributed by atoms with E-state index in [0.717, 1.165) is 29.5 Å². The molecule has 1 amide bonds. The van der Waals surface area contributed by atoms with Crippen molar-refractivity contribution in [2.24, 2.45) is 5.73 Å². The maximum absolute atomic E-state index is 11.3. The number of hydrogen-bond acceptors (Lipinski definition) is 6. The Morgan fingerprint density at radius 1 is 0.750 bits per heavy atom. The zero-order chi connectivity index (χ0) is 29.5. The fourth-order valence-electron chi connectivity index (χ4n) is 3.98. The summed E-state index contributed by atoms with van der Waals surface area (Å²) in [6, 6.07) is 26.7. The predicted octanol–water partition coefficient (Wildman–Crippen LogP) is 3.59. The van der Waals surface area contributed by atoms with Gasteiger partial charge in [-0.3, -0.25) is 9.69 Å². The van der Waals surface area contributed by atoms with Crippen LogP contribution in [0.1, 0.15) is 52.6 Å². The van der Waals surface area contributed by atoms with Crippen molar-refractivity contribution >= 4 is 17.8 Å². The molecule has 0 aliphatic carbocycles. The molecule has 0 saturated heterocycles. The van der Waals surface area contributed by atoms with Crippen LogP contribution < -0.4 is 5.73 Å². The van der Waals surface area contributed by atoms with Crippen molar-refractivity contribution in [1.29, 1.82) is 0 Å². The quantitative estimate of drug-likeness (QED) is 0.203. The maximum Gasteiger partial charge on any atom is 0.328 e. The number of carbonyl (C=O) groups is 3. The Kier molecular flexibility index (Phi) is 13.2. The number of amides is 1. The van der Waals surface area contributed by atoms with Crippen LogP contribution in [0.3, 0.4) is 0 Å². The molecule has 3 aromatic carbocycles. The molecule has 3 rings (SSSR count). The number of carboxylic acids is 2. The first kappa shape index (κ1) is 31.9. The SMILES string of the molecule is CC(CCc1ccc(C(N)=O)cc1)N(CC(O)c1ccccc1)CC(O)c1ccccc1.O=C(O)C=CC(=O)O. The smallest absolute Gasteiger partial charge is 0.328 e. The number of rotatable bonds is 13. The summed E-state index contributed by atoms with van der Waals surface area (Å²) < 4.78 is 0. The van der Waals surface area contributed by atoms with Gasteiger partial charge in [0.05, 0.1) is 12.2 Å². The third kappa shape index (κ3) is 11.6. The fourth-order valence-corrected chi connectivity index (χ4v) is 3.98. The molecule has 0 saturated carbocycles. The standard InChI is InChI=1S/C27H32N2O3.C4H4O4/c1-20(12-13-21-14-16-24(17-15-21)27(28)32)29(18-25(30)22-8-4-2-5-9-22)19-26(31)23-10-6-3-7-11-23;5-3(6)1-2-4(7)8/h2-11,14-17,20,25-26,30-31H,12-13,18-19H2,1H3,(H2,28,32);1-2H,(H,5,6)(H,7,8). The number of aryl methyl sites for hydroxylation is 1. The van der Waals surface area contributed by atoms with Crippen molar-refractivity contribution < 1.29 is 34.8 Å². The Balaban J connectivity index is 0.000000611. The first-order valence-corrected chi connectivity index (χ1v) is 12.8. The number of hydrogen-bond donors (Lipinski definition) is 5. The van der Waals surface area contributed by atoms with Crippen LogP contribution in [0.5, 0.6) is 0 Å². The summed E-state index contributed by atoms with van der Waals surface area (Å²) in [7, 11) is 0. The van der Waals surface area contributed by atoms with E-state index in [0.29, 0.717) is 30.8 Å². The number of aliphatic carboxylic acids is 2. The molecule has 3 atom stereocenters. The monoisotopic (exact) mass is 548 g/mol. The van der Waals surface area contributed by atoms with Crippen LogP contribution in [0.4, 0.5) is 0 Å². The highest BCUT2D eigenvalue weighted by atomic mass is 16.4. The van der Waals surface area contributed by atoms with Gasteiger partial charge in [-0.25, -0.2) is 9.59 Å². The van der Waals surface area contributed by atoms with Gasteiger partial charge in [-0.2, -0.15) is 0 Å². The van der Waals surface area contributed by atoms with Gasteiger partial charge in [0.25, 0.3) is 0 Å². The minimum Gasteiger partial charge on any atom is -0.478 e. The average molecular weight is 549 g/mol. The second-order valence-electron chi connectivity index (χ2n) is 9.27. The van der Waals surface area contributed by atoms with E-state index >= 15 is 0 Å². The highest BCUT2D eigenvalue weighted by Crippen LogP contribution is 2.22. The molecule has 0 radical (unpaired) electrons. The molecule has 3 aromatic rings. The number of carboxylic acid groups (broad SMARTS) is 2. The topological polar surface area (TPSA) is 161 Å². The van der Waals surface area contributed by atoms with E-state index in [1.165, 1.54) is 0 Å². The van der Waals surface area contributed by atoms with Crippen LogP contribution in [-0.2, 0) is 16.0 Å². The number of aliphatic hydroxyl groups is 2. The predicted molar refractivity (Wildman–Crippen MR) is 152 cm³/mol. The van der Waals surface area contributed by atoms with Crippen molar-refractivity contribution in [3.05, 3.63) is 119 Å². The Morgan fingerprint density at radius 3 is 1.55 bits per heavy atom. The van der Waals surface area contributed by atoms with E-state index in [-0.39, 0.29) is 6.04 Å². The van der Waals surface area contributed by atoms with Crippen LogP contribution in [-0.4, -0.2) is 62.3 Å². The zero-order valence-electron chi connectivity index (χ0n) is 22.3. The normalized spacial score (nSPS) is 13.2. The molecule has 0 bridgehead atoms. The zero-order valence-corrected chi connectivity index (χ0v) is 22.3. The third-order valence-corrected chi connectivity index (χ3v) is 6.26. The van der Waals surface area contributed by atoms with E-state index in [1.54, 1.807) is 12.1 Å². The number of carbonyl (C=O) groups excluding carboxylic acids is 1. The Hall–Kier alpha value is -4.31. The number of benzene rings is 3. The average Bonchev–Trinajstić information content (AvgIpc) is 2.95. The first-order valence-electron chi connectivity index (χ1n) is 12.8. The molecular formula is C31H36N2O7. The molecule has 6 N–H and O–H groups in total. The Bertz CT molecular complexity index is 1170. The second kappa shape index (κ2) is 16.6. The minimum absolute atomic E-state index is 0.127. The van der Waals surface area contributed by atoms with Gasteiger partial charge in [0, 0.05) is 36.8 Å². The second-order valence-corrected chi connectivity index (χ2v) is 9.27. The van der Waals surface area contributed by atoms with E-state index in [4.69, 9.17) is 15.9 Å². The highest BCUT2D eigenvalue weighted by molar-refractivity contribution is 5.92. The van der Waals surface area contributed by atoms with Gasteiger partial charge in [-0.15, -0.1) is 0 Å². The molecule has 0 aliphatic rings. The van der Waals surface area contributed by atoms with Crippen molar-refractivity contribution in [1.82, 2.24) is 4.90 Å². The minimum atomic E-state index is -1.26. The summed E-state index contributed by atoms with van der Waals surface area (Å²) in [6.07, 6.45) is 1.50. The summed E-state index contributed by atoms with van der Waals surface area (Å²) in [6.45, 7) is 2.97. The van der Waals surface area contributed by atoms with Gasteiger partial charge in [0.2, 0.25) is 5.91 Å². The van der Waals surface area contributed by atoms with E-state index in [1.807, 2.05) is 72.8 Å². The molecule has 212 valence electrons. The lowest BCUT2D eigenvalue weighted by molar-refractivity contribution is -0.134. The van der Waals surface area contributed by atoms with Crippen molar-refractivity contribution in [3.63, 3.8) is 0 Å². The van der Waals surface area contributed by atoms with Gasteiger partial charge in [0.15, 0.2) is 0 Å². The fraction of sp³-hybridized carbons (Fsp3) is 0.258. The molecule has 0 fully saturated rings. The molecule has 0 spiro atoms. The van der Waals surface area contributed by atoms with Crippen LogP contribution in [0, 0.1) is 0 Å². The summed E-state index contributed by atoms with van der Waals surface area (Å²) >= 11 is 0. The first-order chi connectivity index (χ1) is 19.1. The van der Waals surface area contributed by atoms with Crippen LogP contribution in [0.25, 0.3) is 0 Å². The molecular weight excluding hydrogens is 512 g/mol. The largest absolute Gasteiger partial charge is 0.478 e. The molecule has 0 aliphatic heterocycles. The Labute approximate surface area is 233 Å². The number of nitrogens with two attached hydrogens (primary N) is 1. The lowest BCUT2D eigenvalue weighted by atomic mass is 10.0. The summed E-state index contributed by atoms with van der Waals surface area (Å²) in [4.78, 5) is 32.5. The molecule has 0 aromatic heterocycles. The van der Waals surface area contributed by atoms with E-state index < -0.39 is 30.1 Å². The van der Waals surface area contributed by atoms with E-state index in [9.17, 15) is 24.6 Å². The van der Waals surface area contributed by atoms with Crippen LogP contribution in [0.2, 0.25) is 0 Å². The van der Waals surface area contributed by atoms with Gasteiger partial charge < -0.3 is 26.2 Å². The molecule has 40 heavy (non-hydrogen) atoms. The van der Waals surface area contributed by atoms with Crippen molar-refractivity contribution in [3.8, 4) is 0 Å². The van der Waals surface area contributed by atoms with Crippen molar-refractivity contribution in [2.75, 3.05) is 13.1 Å². The highest BCUT2D eigenvalue weighted by Gasteiger charge is 2.22. The van der Waals surface area contributed by atoms with E-state index in [2.05, 4.69) is 11.8 Å². The molecule has 3 unspecified atom stereocenters. The van der Waals surface area contributed by atoms with Crippen LogP contribution in [0.15, 0.2) is 97.1 Å². The van der Waals surface area contributed by atoms with Crippen LogP contribution >= 0.6 is 0 Å². The number of primary amides is 1. The lowest BCUT2D eigenvalue weighted by Gasteiger charge is -2.33. The summed E-state index contributed by atoms with van der Waals surface area (Å²) in [5.74, 6) is -2.94. The molecule has 9 nitrogen and oxygen atoms in total. The Morgan fingerprint density at radius 2 is 1.18 bits per heavy atom. The number of nitrogens with zero attached hydrogens (tertiary/aromatic N) is 1. The maximum atomic E-state index is 11.3. The summed E-state index contributed by atoms with van der Waals surface area (Å²) in [5.41, 5.74) is 8.67. The number of aliphatic hydroxyl groups excluding tert-OH is 2. The molecule has 0 heterocycles. The van der Waals surface area contributed by atoms with Gasteiger partial charge in [0.1, 0.15) is 0 Å². The third-order valence-electron chi connectivity index (χ3n) is 6.26. The lowest BCUT2D eigenvalue weighted by Crippen LogP contribution is -2.39. The molecule has 9 heteroatoms. The van der Waals surface area contributed by atoms with Gasteiger partial charge >= 0.3 is 11.9 Å². The van der Waals surface area contributed by atoms with Crippen molar-refractivity contribution in [2.45, 2.75) is 38.0 Å². The summed E-state index contributed by atoms with van der Waals surface area (Å²) in [5, 5.41) is 37.3. The van der Waals surface area contributed by atoms with Gasteiger partial charge in [-0.05, 0) is 48.6 Å².